The van der Waals surface area contributed by atoms with Gasteiger partial charge in [-0.25, -0.2) is 0 Å². The van der Waals surface area contributed by atoms with E-state index in [0.29, 0.717) is 11.7 Å². The lowest BCUT2D eigenvalue weighted by molar-refractivity contribution is 0.467. The second-order valence-corrected chi connectivity index (χ2v) is 4.37. The van der Waals surface area contributed by atoms with Gasteiger partial charge in [-0.1, -0.05) is 12.1 Å². The van der Waals surface area contributed by atoms with E-state index in [1.807, 2.05) is 6.07 Å². The molecule has 0 atom stereocenters. The topological polar surface area (TPSA) is 20.2 Å². The molecule has 0 heterocycles. The van der Waals surface area contributed by atoms with Crippen LogP contribution in [0.25, 0.3) is 0 Å². The second kappa shape index (κ2) is 2.50. The summed E-state index contributed by atoms with van der Waals surface area (Å²) in [5.74, 6) is 1.94. The van der Waals surface area contributed by atoms with Gasteiger partial charge in [0.2, 0.25) is 0 Å². The van der Waals surface area contributed by atoms with Crippen molar-refractivity contribution in [1.82, 2.24) is 0 Å². The molecule has 0 radical (unpaired) electrons. The van der Waals surface area contributed by atoms with E-state index in [0.717, 1.165) is 5.92 Å². The Labute approximate surface area is 78.4 Å². The van der Waals surface area contributed by atoms with Crippen molar-refractivity contribution in [3.63, 3.8) is 0 Å². The van der Waals surface area contributed by atoms with Crippen LogP contribution in [0.3, 0.4) is 0 Å². The Morgan fingerprint density at radius 1 is 1.00 bits per heavy atom. The molecule has 2 aliphatic rings. The number of rotatable bonds is 2. The van der Waals surface area contributed by atoms with Crippen molar-refractivity contribution in [2.45, 2.75) is 37.5 Å². The molecule has 0 spiro atoms. The number of benzene rings is 1. The molecule has 1 nitrogen and oxygen atoms in total. The van der Waals surface area contributed by atoms with Crippen molar-refractivity contribution in [1.29, 1.82) is 0 Å². The van der Waals surface area contributed by atoms with E-state index in [1.165, 1.54) is 36.8 Å². The molecule has 0 aromatic heterocycles. The standard InChI is InChI=1S/C12H14O/c13-12-7-10(8-1-2-8)5-6-11(12)9-3-4-9/h5-9,13H,1-4H2. The maximum Gasteiger partial charge on any atom is 0.119 e. The summed E-state index contributed by atoms with van der Waals surface area (Å²) < 4.78 is 0. The minimum Gasteiger partial charge on any atom is -0.508 e. The van der Waals surface area contributed by atoms with Crippen LogP contribution in [-0.2, 0) is 0 Å². The lowest BCUT2D eigenvalue weighted by Crippen LogP contribution is -1.84. The van der Waals surface area contributed by atoms with Gasteiger partial charge in [-0.15, -0.1) is 0 Å². The first kappa shape index (κ1) is 7.43. The molecule has 2 saturated carbocycles. The van der Waals surface area contributed by atoms with Gasteiger partial charge in [-0.05, 0) is 54.7 Å². The summed E-state index contributed by atoms with van der Waals surface area (Å²) in [4.78, 5) is 0. The average molecular weight is 174 g/mol. The van der Waals surface area contributed by atoms with Crippen LogP contribution in [0.1, 0.15) is 48.6 Å². The Kier molecular flexibility index (Phi) is 1.43. The lowest BCUT2D eigenvalue weighted by atomic mass is 10.0. The monoisotopic (exact) mass is 174 g/mol. The first-order valence-electron chi connectivity index (χ1n) is 5.17. The molecule has 13 heavy (non-hydrogen) atoms. The molecule has 1 aromatic rings. The minimum atomic E-state index is 0.534. The molecule has 2 aliphatic carbocycles. The van der Waals surface area contributed by atoms with Crippen LogP contribution in [0.2, 0.25) is 0 Å². The van der Waals surface area contributed by atoms with Crippen LogP contribution in [0.15, 0.2) is 18.2 Å². The van der Waals surface area contributed by atoms with Crippen molar-refractivity contribution < 1.29 is 5.11 Å². The number of hydrogen-bond acceptors (Lipinski definition) is 1. The summed E-state index contributed by atoms with van der Waals surface area (Å²) in [5.41, 5.74) is 2.51. The maximum absolute atomic E-state index is 9.78. The maximum atomic E-state index is 9.78. The van der Waals surface area contributed by atoms with Crippen LogP contribution in [0, 0.1) is 0 Å². The van der Waals surface area contributed by atoms with E-state index in [1.54, 1.807) is 0 Å². The summed E-state index contributed by atoms with van der Waals surface area (Å²) in [7, 11) is 0. The molecule has 0 bridgehead atoms. The van der Waals surface area contributed by atoms with E-state index in [9.17, 15) is 5.11 Å². The molecular formula is C12H14O. The van der Waals surface area contributed by atoms with E-state index in [4.69, 9.17) is 0 Å². The first-order chi connectivity index (χ1) is 6.34. The largest absolute Gasteiger partial charge is 0.508 e. The predicted molar refractivity (Wildman–Crippen MR) is 52.1 cm³/mol. The fourth-order valence-corrected chi connectivity index (χ4v) is 1.97. The number of hydrogen-bond donors (Lipinski definition) is 1. The normalized spacial score (nSPS) is 21.8. The molecule has 2 fully saturated rings. The van der Waals surface area contributed by atoms with Crippen LogP contribution < -0.4 is 0 Å². The van der Waals surface area contributed by atoms with Crippen molar-refractivity contribution in [3.8, 4) is 5.75 Å². The Bertz CT molecular complexity index is 335. The quantitative estimate of drug-likeness (QED) is 0.730. The highest BCUT2D eigenvalue weighted by Gasteiger charge is 2.28. The van der Waals surface area contributed by atoms with Crippen molar-refractivity contribution >= 4 is 0 Å². The number of phenols is 1. The van der Waals surface area contributed by atoms with E-state index < -0.39 is 0 Å². The van der Waals surface area contributed by atoms with E-state index in [2.05, 4.69) is 12.1 Å². The molecule has 1 aromatic carbocycles. The van der Waals surface area contributed by atoms with Gasteiger partial charge in [-0.2, -0.15) is 0 Å². The van der Waals surface area contributed by atoms with Gasteiger partial charge in [0.05, 0.1) is 0 Å². The fraction of sp³-hybridized carbons (Fsp3) is 0.500. The Hall–Kier alpha value is -0.980. The Morgan fingerprint density at radius 2 is 1.69 bits per heavy atom. The first-order valence-corrected chi connectivity index (χ1v) is 5.17. The highest BCUT2D eigenvalue weighted by Crippen LogP contribution is 2.47. The molecule has 0 unspecified atom stereocenters. The third-order valence-electron chi connectivity index (χ3n) is 3.12. The molecule has 1 N–H and O–H groups in total. The molecule has 0 saturated heterocycles. The van der Waals surface area contributed by atoms with Gasteiger partial charge in [0, 0.05) is 0 Å². The van der Waals surface area contributed by atoms with Crippen molar-refractivity contribution in [2.75, 3.05) is 0 Å². The summed E-state index contributed by atoms with van der Waals surface area (Å²) in [5, 5.41) is 9.78. The van der Waals surface area contributed by atoms with Gasteiger partial charge in [0.15, 0.2) is 0 Å². The van der Waals surface area contributed by atoms with E-state index in [-0.39, 0.29) is 0 Å². The smallest absolute Gasteiger partial charge is 0.119 e. The fourth-order valence-electron chi connectivity index (χ4n) is 1.97. The molecule has 1 heteroatoms. The van der Waals surface area contributed by atoms with Crippen molar-refractivity contribution in [3.05, 3.63) is 29.3 Å². The summed E-state index contributed by atoms with van der Waals surface area (Å²) >= 11 is 0. The zero-order chi connectivity index (χ0) is 8.84. The van der Waals surface area contributed by atoms with E-state index >= 15 is 0 Å². The highest BCUT2D eigenvalue weighted by molar-refractivity contribution is 5.42. The second-order valence-electron chi connectivity index (χ2n) is 4.37. The Morgan fingerprint density at radius 3 is 2.23 bits per heavy atom. The third kappa shape index (κ3) is 1.32. The van der Waals surface area contributed by atoms with Crippen molar-refractivity contribution in [2.24, 2.45) is 0 Å². The van der Waals surface area contributed by atoms with Gasteiger partial charge < -0.3 is 5.11 Å². The zero-order valence-electron chi connectivity index (χ0n) is 7.66. The highest BCUT2D eigenvalue weighted by atomic mass is 16.3. The number of phenolic OH excluding ortho intramolecular Hbond substituents is 1. The lowest BCUT2D eigenvalue weighted by Gasteiger charge is -2.04. The summed E-state index contributed by atoms with van der Waals surface area (Å²) in [6.45, 7) is 0. The molecule has 0 aliphatic heterocycles. The zero-order valence-corrected chi connectivity index (χ0v) is 7.66. The van der Waals surface area contributed by atoms with Gasteiger partial charge in [0.1, 0.15) is 5.75 Å². The third-order valence-corrected chi connectivity index (χ3v) is 3.12. The van der Waals surface area contributed by atoms with Crippen LogP contribution in [0.5, 0.6) is 5.75 Å². The van der Waals surface area contributed by atoms with Crippen LogP contribution in [0.4, 0.5) is 0 Å². The SMILES string of the molecule is Oc1cc(C2CC2)ccc1C1CC1. The van der Waals surface area contributed by atoms with Crippen LogP contribution in [-0.4, -0.2) is 5.11 Å². The average Bonchev–Trinajstić information content (AvgIpc) is 3.00. The molecule has 0 amide bonds. The molecular weight excluding hydrogens is 160 g/mol. The minimum absolute atomic E-state index is 0.534. The van der Waals surface area contributed by atoms with Gasteiger partial charge in [0.25, 0.3) is 0 Å². The molecule has 3 rings (SSSR count). The molecule has 68 valence electrons. The summed E-state index contributed by atoms with van der Waals surface area (Å²) in [6, 6.07) is 6.30. The van der Waals surface area contributed by atoms with Crippen LogP contribution >= 0.6 is 0 Å². The van der Waals surface area contributed by atoms with Gasteiger partial charge >= 0.3 is 0 Å². The predicted octanol–water partition coefficient (Wildman–Crippen LogP) is 3.15. The summed E-state index contributed by atoms with van der Waals surface area (Å²) in [6.07, 6.45) is 5.14. The van der Waals surface area contributed by atoms with Gasteiger partial charge in [-0.3, -0.25) is 0 Å². The Balaban J connectivity index is 1.95. The number of aromatic hydroxyl groups is 1.